The van der Waals surface area contributed by atoms with Gasteiger partial charge in [0, 0.05) is 33.1 Å². The lowest BCUT2D eigenvalue weighted by Gasteiger charge is -2.25. The van der Waals surface area contributed by atoms with E-state index in [0.717, 1.165) is 50.6 Å². The predicted octanol–water partition coefficient (Wildman–Crippen LogP) is 11.8. The predicted molar refractivity (Wildman–Crippen MR) is 222 cm³/mol. The molecule has 0 bridgehead atoms. The maximum atomic E-state index is 9.91. The molecule has 0 fully saturated rings. The van der Waals surface area contributed by atoms with Crippen molar-refractivity contribution in [2.45, 2.75) is 25.3 Å². The van der Waals surface area contributed by atoms with Gasteiger partial charge in [-0.2, -0.15) is 5.26 Å². The van der Waals surface area contributed by atoms with Crippen LogP contribution in [0, 0.1) is 11.3 Å². The number of fused-ring (bicyclic) bond motifs is 7. The van der Waals surface area contributed by atoms with E-state index in [1.54, 1.807) is 0 Å². The van der Waals surface area contributed by atoms with Crippen LogP contribution in [0.1, 0.15) is 53.3 Å². The van der Waals surface area contributed by atoms with Gasteiger partial charge in [-0.1, -0.05) is 141 Å². The van der Waals surface area contributed by atoms with Gasteiger partial charge in [-0.25, -0.2) is 0 Å². The third-order valence-electron chi connectivity index (χ3n) is 11.2. The van der Waals surface area contributed by atoms with Crippen molar-refractivity contribution < 1.29 is 0 Å². The first-order valence-corrected chi connectivity index (χ1v) is 18.5. The van der Waals surface area contributed by atoms with Crippen molar-refractivity contribution in [2.24, 2.45) is 4.99 Å². The second-order valence-electron chi connectivity index (χ2n) is 14.8. The summed E-state index contributed by atoms with van der Waals surface area (Å²) < 4.78 is 2.48. The molecule has 4 nitrogen and oxygen atoms in total. The zero-order chi connectivity index (χ0) is 36.4. The van der Waals surface area contributed by atoms with Crippen molar-refractivity contribution in [2.75, 3.05) is 0 Å². The number of nitrogens with one attached hydrogen (secondary N) is 1. The smallest absolute Gasteiger partial charge is 0.133 e. The highest BCUT2D eigenvalue weighted by Gasteiger charge is 2.38. The fourth-order valence-electron chi connectivity index (χ4n) is 8.69. The number of nitrogens with zero attached hydrogens (tertiary/aromatic N) is 3. The molecule has 0 amide bonds. The lowest BCUT2D eigenvalue weighted by atomic mass is 9.81. The Morgan fingerprint density at radius 2 is 1.35 bits per heavy atom. The first-order chi connectivity index (χ1) is 26.5. The largest absolute Gasteiger partial charge is 0.340 e. The topological polar surface area (TPSA) is 53.1 Å². The highest BCUT2D eigenvalue weighted by atomic mass is 15.0. The molecule has 8 aromatic rings. The minimum Gasteiger partial charge on any atom is -0.340 e. The summed E-state index contributed by atoms with van der Waals surface area (Å²) in [6.07, 6.45) is 2.24. The van der Waals surface area contributed by atoms with Crippen LogP contribution in [0.3, 0.4) is 0 Å². The molecule has 0 radical (unpaired) electrons. The fourth-order valence-corrected chi connectivity index (χ4v) is 8.69. The van der Waals surface area contributed by atoms with Crippen molar-refractivity contribution in [1.29, 1.82) is 5.26 Å². The highest BCUT2D eigenvalue weighted by Crippen LogP contribution is 2.53. The molecular weight excluding hydrogens is 657 g/mol. The molecule has 2 heterocycles. The molecule has 1 aliphatic carbocycles. The lowest BCUT2D eigenvalue weighted by Crippen LogP contribution is -2.27. The van der Waals surface area contributed by atoms with E-state index in [9.17, 15) is 5.26 Å². The molecule has 7 aromatic carbocycles. The standard InChI is InChI=1S/C50H36N4/c1-50(2)43-22-11-9-20-39(43)41-24-25-42-40-21-10-12-23-46(40)54(48(42)47(41)50)38-28-36(35-19-13-14-32(26-35)31-51)27-37(29-38)45-30-44(33-15-5-3-6-16-33)52-49(53-45)34-17-7-4-8-18-34/h3-30,45H,1-2H3,(H,52,53). The first-order valence-electron chi connectivity index (χ1n) is 18.5. The maximum absolute atomic E-state index is 9.91. The second-order valence-corrected chi connectivity index (χ2v) is 14.8. The Kier molecular flexibility index (Phi) is 7.25. The van der Waals surface area contributed by atoms with E-state index in [2.05, 4.69) is 169 Å². The number of nitriles is 1. The van der Waals surface area contributed by atoms with Crippen LogP contribution < -0.4 is 5.32 Å². The van der Waals surface area contributed by atoms with Gasteiger partial charge in [0.15, 0.2) is 0 Å². The third kappa shape index (κ3) is 5.01. The van der Waals surface area contributed by atoms with Crippen molar-refractivity contribution >= 4 is 33.3 Å². The van der Waals surface area contributed by atoms with Gasteiger partial charge in [0.25, 0.3) is 0 Å². The van der Waals surface area contributed by atoms with E-state index in [1.165, 1.54) is 38.5 Å². The van der Waals surface area contributed by atoms with Crippen LogP contribution in [-0.2, 0) is 5.41 Å². The average molecular weight is 693 g/mol. The van der Waals surface area contributed by atoms with Gasteiger partial charge >= 0.3 is 0 Å². The van der Waals surface area contributed by atoms with Gasteiger partial charge in [0.1, 0.15) is 5.84 Å². The fraction of sp³-hybridized carbons (Fsp3) is 0.0800. The molecule has 0 saturated carbocycles. The second kappa shape index (κ2) is 12.3. The van der Waals surface area contributed by atoms with Gasteiger partial charge in [-0.05, 0) is 87.0 Å². The van der Waals surface area contributed by atoms with E-state index in [0.29, 0.717) is 5.56 Å². The summed E-state index contributed by atoms with van der Waals surface area (Å²) in [7, 11) is 0. The molecule has 2 aliphatic rings. The van der Waals surface area contributed by atoms with E-state index >= 15 is 0 Å². The quantitative estimate of drug-likeness (QED) is 0.195. The number of hydrogen-bond acceptors (Lipinski definition) is 3. The van der Waals surface area contributed by atoms with E-state index < -0.39 is 0 Å². The SMILES string of the molecule is CC1(C)c2ccccc2-c2ccc3c4ccccc4n(-c4cc(-c5cccc(C#N)c5)cc(C5C=C(c6ccccc6)NC(c6ccccc6)=N5)c4)c3c21. The number of hydrogen-bond donors (Lipinski definition) is 1. The Balaban J connectivity index is 1.27. The molecular formula is C50H36N4. The van der Waals surface area contributed by atoms with E-state index in [4.69, 9.17) is 4.99 Å². The summed E-state index contributed by atoms with van der Waals surface area (Å²) in [5.74, 6) is 0.828. The van der Waals surface area contributed by atoms with Crippen LogP contribution in [0.4, 0.5) is 0 Å². The summed E-state index contributed by atoms with van der Waals surface area (Å²) in [6.45, 7) is 4.72. The van der Waals surface area contributed by atoms with E-state index in [1.807, 2.05) is 30.3 Å². The minimum atomic E-state index is -0.283. The molecule has 10 rings (SSSR count). The number of amidine groups is 1. The van der Waals surface area contributed by atoms with Gasteiger partial charge in [-0.15, -0.1) is 0 Å². The third-order valence-corrected chi connectivity index (χ3v) is 11.2. The molecule has 4 heteroatoms. The molecule has 1 aromatic heterocycles. The van der Waals surface area contributed by atoms with Gasteiger partial charge in [0.05, 0.1) is 28.7 Å². The van der Waals surface area contributed by atoms with Crippen molar-refractivity contribution in [1.82, 2.24) is 9.88 Å². The minimum absolute atomic E-state index is 0.212. The Bertz CT molecular complexity index is 2830. The Labute approximate surface area is 315 Å². The first kappa shape index (κ1) is 31.7. The summed E-state index contributed by atoms with van der Waals surface area (Å²) in [4.78, 5) is 5.39. The zero-order valence-electron chi connectivity index (χ0n) is 30.1. The summed E-state index contributed by atoms with van der Waals surface area (Å²) in [5.41, 5.74) is 15.4. The van der Waals surface area contributed by atoms with Gasteiger partial charge < -0.3 is 9.88 Å². The molecule has 1 unspecified atom stereocenters. The Morgan fingerprint density at radius 1 is 0.630 bits per heavy atom. The number of aliphatic imine (C=N–C) groups is 1. The van der Waals surface area contributed by atoms with Crippen LogP contribution in [-0.4, -0.2) is 10.4 Å². The van der Waals surface area contributed by atoms with Crippen LogP contribution in [0.15, 0.2) is 175 Å². The van der Waals surface area contributed by atoms with Crippen LogP contribution in [0.5, 0.6) is 0 Å². The van der Waals surface area contributed by atoms with Crippen LogP contribution >= 0.6 is 0 Å². The Morgan fingerprint density at radius 3 is 2.17 bits per heavy atom. The van der Waals surface area contributed by atoms with Crippen molar-refractivity contribution in [3.8, 4) is 34.0 Å². The number of para-hydroxylation sites is 1. The molecule has 1 aliphatic heterocycles. The van der Waals surface area contributed by atoms with Gasteiger partial charge in [0.2, 0.25) is 0 Å². The molecule has 1 atom stereocenters. The molecule has 0 spiro atoms. The van der Waals surface area contributed by atoms with Gasteiger partial charge in [-0.3, -0.25) is 4.99 Å². The number of benzene rings is 7. The summed E-state index contributed by atoms with van der Waals surface area (Å²) in [6, 6.07) is 59.9. The molecule has 0 saturated heterocycles. The van der Waals surface area contributed by atoms with Crippen molar-refractivity contribution in [3.63, 3.8) is 0 Å². The van der Waals surface area contributed by atoms with Crippen LogP contribution in [0.2, 0.25) is 0 Å². The number of rotatable bonds is 5. The average Bonchev–Trinajstić information content (AvgIpc) is 3.69. The van der Waals surface area contributed by atoms with E-state index in [-0.39, 0.29) is 11.5 Å². The molecule has 1 N–H and O–H groups in total. The van der Waals surface area contributed by atoms with Crippen LogP contribution in [0.25, 0.3) is 55.4 Å². The summed E-state index contributed by atoms with van der Waals surface area (Å²) >= 11 is 0. The monoisotopic (exact) mass is 692 g/mol. The Hall–Kier alpha value is -6.96. The lowest BCUT2D eigenvalue weighted by molar-refractivity contribution is 0.664. The summed E-state index contributed by atoms with van der Waals surface area (Å²) in [5, 5.41) is 16.0. The number of aromatic nitrogens is 1. The maximum Gasteiger partial charge on any atom is 0.133 e. The highest BCUT2D eigenvalue weighted by molar-refractivity contribution is 6.13. The molecule has 54 heavy (non-hydrogen) atoms. The zero-order valence-corrected chi connectivity index (χ0v) is 30.1. The normalized spacial score (nSPS) is 15.5. The molecule has 256 valence electrons. The van der Waals surface area contributed by atoms with Crippen molar-refractivity contribution in [3.05, 3.63) is 203 Å².